The van der Waals surface area contributed by atoms with Crippen molar-refractivity contribution in [1.82, 2.24) is 25.0 Å². The van der Waals surface area contributed by atoms with Crippen molar-refractivity contribution in [3.63, 3.8) is 0 Å². The maximum atomic E-state index is 13.6. The molecule has 0 bridgehead atoms. The van der Waals surface area contributed by atoms with Crippen molar-refractivity contribution in [1.29, 1.82) is 0 Å². The van der Waals surface area contributed by atoms with E-state index in [2.05, 4.69) is 25.6 Å². The number of carbonyl (C=O) groups is 1. The number of hydrogen-bond donors (Lipinski definition) is 2. The molecule has 0 unspecified atom stereocenters. The number of benzene rings is 2. The average molecular weight is 482 g/mol. The molecule has 35 heavy (non-hydrogen) atoms. The summed E-state index contributed by atoms with van der Waals surface area (Å²) in [6.07, 6.45) is -4.65. The number of aromatic nitrogens is 5. The zero-order valence-electron chi connectivity index (χ0n) is 19.0. The highest BCUT2D eigenvalue weighted by atomic mass is 19.4. The van der Waals surface area contributed by atoms with Crippen LogP contribution in [0.5, 0.6) is 0 Å². The van der Waals surface area contributed by atoms with Crippen LogP contribution < -0.4 is 10.7 Å². The molecular weight excluding hydrogens is 461 g/mol. The number of nitrogens with zero attached hydrogens (tertiary/aromatic N) is 4. The Labute approximate surface area is 197 Å². The molecule has 4 aromatic rings. The highest BCUT2D eigenvalue weighted by Gasteiger charge is 2.34. The number of carbonyl (C=O) groups excluding carboxylic acids is 1. The molecule has 0 spiro atoms. The zero-order chi connectivity index (χ0) is 25.3. The standard InChI is InChI=1S/C24H21F3N6O2/c1-13(2)21-29-22(31-30-21)15-8-4-6-10-17(15)28-23(35)20-19(34)12-14(3)33(32-20)18-11-7-5-9-16(18)24(25,26)27/h4-13H,1-3H3,(H,28,35)(H,29,30,31). The largest absolute Gasteiger partial charge is 0.418 e. The molecule has 2 heterocycles. The van der Waals surface area contributed by atoms with E-state index in [0.717, 1.165) is 16.8 Å². The average Bonchev–Trinajstić information content (AvgIpc) is 3.29. The van der Waals surface area contributed by atoms with Gasteiger partial charge in [-0.2, -0.15) is 23.4 Å². The molecule has 0 atom stereocenters. The van der Waals surface area contributed by atoms with Gasteiger partial charge in [-0.3, -0.25) is 14.7 Å². The normalized spacial score (nSPS) is 11.6. The van der Waals surface area contributed by atoms with Gasteiger partial charge >= 0.3 is 6.18 Å². The van der Waals surface area contributed by atoms with Crippen LogP contribution in [0.3, 0.4) is 0 Å². The topological polar surface area (TPSA) is 106 Å². The Morgan fingerprint density at radius 3 is 2.46 bits per heavy atom. The Morgan fingerprint density at radius 1 is 1.09 bits per heavy atom. The minimum atomic E-state index is -4.65. The van der Waals surface area contributed by atoms with Gasteiger partial charge in [0, 0.05) is 23.2 Å². The molecule has 2 aromatic heterocycles. The lowest BCUT2D eigenvalue weighted by atomic mass is 10.1. The first-order valence-corrected chi connectivity index (χ1v) is 10.7. The second-order valence-electron chi connectivity index (χ2n) is 8.12. The van der Waals surface area contributed by atoms with Gasteiger partial charge in [-0.1, -0.05) is 38.1 Å². The van der Waals surface area contributed by atoms with Gasteiger partial charge in [-0.25, -0.2) is 9.67 Å². The minimum absolute atomic E-state index is 0.104. The van der Waals surface area contributed by atoms with E-state index in [-0.39, 0.29) is 17.3 Å². The van der Waals surface area contributed by atoms with Crippen molar-refractivity contribution in [3.05, 3.63) is 87.6 Å². The number of aromatic amines is 1. The Bertz CT molecular complexity index is 1460. The van der Waals surface area contributed by atoms with Gasteiger partial charge in [-0.05, 0) is 31.2 Å². The number of amides is 1. The molecule has 11 heteroatoms. The summed E-state index contributed by atoms with van der Waals surface area (Å²) in [6.45, 7) is 5.33. The van der Waals surface area contributed by atoms with Gasteiger partial charge in [0.15, 0.2) is 11.5 Å². The second kappa shape index (κ2) is 9.16. The van der Waals surface area contributed by atoms with Crippen LogP contribution in [0.2, 0.25) is 0 Å². The maximum Gasteiger partial charge on any atom is 0.418 e. The molecule has 2 aromatic carbocycles. The highest BCUT2D eigenvalue weighted by molar-refractivity contribution is 6.04. The van der Waals surface area contributed by atoms with E-state index in [1.54, 1.807) is 24.3 Å². The van der Waals surface area contributed by atoms with Crippen molar-refractivity contribution >= 4 is 11.6 Å². The van der Waals surface area contributed by atoms with Crippen LogP contribution in [0.25, 0.3) is 17.1 Å². The number of halogens is 3. The quantitative estimate of drug-likeness (QED) is 0.428. The summed E-state index contributed by atoms with van der Waals surface area (Å²) in [5, 5.41) is 13.6. The number of H-pyrrole nitrogens is 1. The summed E-state index contributed by atoms with van der Waals surface area (Å²) >= 11 is 0. The number of anilines is 1. The predicted octanol–water partition coefficient (Wildman–Crippen LogP) is 4.72. The molecule has 1 amide bonds. The van der Waals surface area contributed by atoms with Crippen LogP contribution in [0.15, 0.2) is 59.4 Å². The maximum absolute atomic E-state index is 13.6. The van der Waals surface area contributed by atoms with Crippen LogP contribution >= 0.6 is 0 Å². The van der Waals surface area contributed by atoms with Crippen molar-refractivity contribution in [2.24, 2.45) is 0 Å². The van der Waals surface area contributed by atoms with Gasteiger partial charge in [0.1, 0.15) is 5.82 Å². The Hall–Kier alpha value is -4.28. The second-order valence-corrected chi connectivity index (χ2v) is 8.12. The van der Waals surface area contributed by atoms with E-state index in [1.165, 1.54) is 25.1 Å². The number of nitrogens with one attached hydrogen (secondary N) is 2. The third kappa shape index (κ3) is 4.84. The summed E-state index contributed by atoms with van der Waals surface area (Å²) in [5.74, 6) is 0.235. The number of aryl methyl sites for hydroxylation is 1. The molecule has 8 nitrogen and oxygen atoms in total. The van der Waals surface area contributed by atoms with Crippen molar-refractivity contribution in [2.45, 2.75) is 32.9 Å². The Kier molecular flexibility index (Phi) is 6.25. The SMILES string of the molecule is Cc1cc(=O)c(C(=O)Nc2ccccc2-c2n[nH]c(C(C)C)n2)nn1-c1ccccc1C(F)(F)F. The predicted molar refractivity (Wildman–Crippen MR) is 123 cm³/mol. The number of para-hydroxylation sites is 2. The summed E-state index contributed by atoms with van der Waals surface area (Å²) in [6, 6.07) is 12.6. The molecule has 0 aliphatic rings. The highest BCUT2D eigenvalue weighted by Crippen LogP contribution is 2.33. The number of rotatable bonds is 5. The molecule has 0 aliphatic heterocycles. The van der Waals surface area contributed by atoms with E-state index in [0.29, 0.717) is 22.9 Å². The Morgan fingerprint density at radius 2 is 1.77 bits per heavy atom. The molecule has 180 valence electrons. The summed E-state index contributed by atoms with van der Waals surface area (Å²) in [7, 11) is 0. The van der Waals surface area contributed by atoms with E-state index in [1.807, 2.05) is 13.8 Å². The van der Waals surface area contributed by atoms with Crippen molar-refractivity contribution in [2.75, 3.05) is 5.32 Å². The summed E-state index contributed by atoms with van der Waals surface area (Å²) in [4.78, 5) is 30.1. The smallest absolute Gasteiger partial charge is 0.320 e. The first-order valence-electron chi connectivity index (χ1n) is 10.7. The van der Waals surface area contributed by atoms with E-state index in [4.69, 9.17) is 0 Å². The zero-order valence-corrected chi connectivity index (χ0v) is 19.0. The van der Waals surface area contributed by atoms with Crippen molar-refractivity contribution in [3.8, 4) is 17.1 Å². The molecule has 0 radical (unpaired) electrons. The van der Waals surface area contributed by atoms with Crippen molar-refractivity contribution < 1.29 is 18.0 Å². The fraction of sp³-hybridized carbons (Fsp3) is 0.208. The van der Waals surface area contributed by atoms with E-state index in [9.17, 15) is 22.8 Å². The first kappa shape index (κ1) is 23.9. The monoisotopic (exact) mass is 482 g/mol. The lowest BCUT2D eigenvalue weighted by Crippen LogP contribution is -2.27. The number of alkyl halides is 3. The lowest BCUT2D eigenvalue weighted by molar-refractivity contribution is -0.137. The molecule has 0 aliphatic carbocycles. The molecule has 0 saturated carbocycles. The van der Waals surface area contributed by atoms with Gasteiger partial charge in [-0.15, -0.1) is 0 Å². The van der Waals surface area contributed by atoms with E-state index >= 15 is 0 Å². The van der Waals surface area contributed by atoms with Crippen LogP contribution in [-0.4, -0.2) is 30.9 Å². The van der Waals surface area contributed by atoms with E-state index < -0.39 is 28.8 Å². The molecular formula is C24H21F3N6O2. The van der Waals surface area contributed by atoms with Gasteiger partial charge < -0.3 is 5.32 Å². The first-order chi connectivity index (χ1) is 16.6. The number of hydrogen-bond acceptors (Lipinski definition) is 5. The van der Waals surface area contributed by atoms with Gasteiger partial charge in [0.25, 0.3) is 5.91 Å². The third-order valence-corrected chi connectivity index (χ3v) is 5.23. The van der Waals surface area contributed by atoms with Gasteiger partial charge in [0.05, 0.1) is 16.9 Å². The fourth-order valence-electron chi connectivity index (χ4n) is 3.47. The minimum Gasteiger partial charge on any atom is -0.320 e. The van der Waals surface area contributed by atoms with Crippen LogP contribution in [0.1, 0.15) is 47.3 Å². The summed E-state index contributed by atoms with van der Waals surface area (Å²) in [5.41, 5.74) is -1.56. The Balaban J connectivity index is 1.73. The lowest BCUT2D eigenvalue weighted by Gasteiger charge is -2.17. The summed E-state index contributed by atoms with van der Waals surface area (Å²) < 4.78 is 41.6. The molecule has 4 rings (SSSR count). The van der Waals surface area contributed by atoms with Crippen LogP contribution in [0.4, 0.5) is 18.9 Å². The van der Waals surface area contributed by atoms with Crippen LogP contribution in [-0.2, 0) is 6.18 Å². The third-order valence-electron chi connectivity index (χ3n) is 5.23. The van der Waals surface area contributed by atoms with Crippen LogP contribution in [0, 0.1) is 6.92 Å². The van der Waals surface area contributed by atoms with Gasteiger partial charge in [0.2, 0.25) is 5.43 Å². The molecule has 2 N–H and O–H groups in total. The fourth-order valence-corrected chi connectivity index (χ4v) is 3.47. The molecule has 0 fully saturated rings. The molecule has 0 saturated heterocycles.